The van der Waals surface area contributed by atoms with E-state index in [1.165, 1.54) is 0 Å². The minimum absolute atomic E-state index is 0.142. The van der Waals surface area contributed by atoms with Crippen LogP contribution in [0.5, 0.6) is 5.75 Å². The second-order valence-electron chi connectivity index (χ2n) is 6.72. The van der Waals surface area contributed by atoms with Gasteiger partial charge in [-0.25, -0.2) is 4.98 Å². The second kappa shape index (κ2) is 9.41. The number of pyridine rings is 1. The summed E-state index contributed by atoms with van der Waals surface area (Å²) >= 11 is 5.92. The molecule has 4 rings (SSSR count). The van der Waals surface area contributed by atoms with E-state index in [1.54, 1.807) is 36.7 Å². The van der Waals surface area contributed by atoms with Crippen molar-refractivity contribution in [3.63, 3.8) is 0 Å². The Bertz CT molecular complexity index is 1130. The molecule has 2 aromatic carbocycles. The van der Waals surface area contributed by atoms with Crippen molar-refractivity contribution in [1.82, 2.24) is 19.9 Å². The number of carbonyl (C=O) groups is 1. The fourth-order valence-corrected chi connectivity index (χ4v) is 3.36. The van der Waals surface area contributed by atoms with Gasteiger partial charge in [0, 0.05) is 30.4 Å². The number of ether oxygens (including phenoxy) is 1. The molecule has 0 fully saturated rings. The number of amides is 1. The number of hydrogen-bond donors (Lipinski definition) is 1. The Labute approximate surface area is 179 Å². The molecule has 152 valence electrons. The van der Waals surface area contributed by atoms with Gasteiger partial charge in [0.1, 0.15) is 18.2 Å². The number of halogens is 1. The van der Waals surface area contributed by atoms with E-state index < -0.39 is 0 Å². The largest absolute Gasteiger partial charge is 0.492 e. The molecule has 0 atom stereocenters. The van der Waals surface area contributed by atoms with Gasteiger partial charge in [-0.15, -0.1) is 0 Å². The molecule has 0 saturated heterocycles. The van der Waals surface area contributed by atoms with E-state index >= 15 is 0 Å². The molecule has 7 heteroatoms. The minimum Gasteiger partial charge on any atom is -0.492 e. The summed E-state index contributed by atoms with van der Waals surface area (Å²) < 4.78 is 8.00. The van der Waals surface area contributed by atoms with Gasteiger partial charge in [0.05, 0.1) is 23.1 Å². The average Bonchev–Trinajstić information content (AvgIpc) is 3.13. The summed E-state index contributed by atoms with van der Waals surface area (Å²) in [4.78, 5) is 21.0. The number of fused-ring (bicyclic) bond motifs is 1. The Kier molecular flexibility index (Phi) is 6.25. The second-order valence-corrected chi connectivity index (χ2v) is 7.15. The molecule has 30 heavy (non-hydrogen) atoms. The van der Waals surface area contributed by atoms with Crippen LogP contribution in [0.3, 0.4) is 0 Å². The Hall–Kier alpha value is -3.38. The summed E-state index contributed by atoms with van der Waals surface area (Å²) in [7, 11) is 0. The van der Waals surface area contributed by atoms with E-state index in [0.29, 0.717) is 36.7 Å². The molecule has 0 aliphatic carbocycles. The first kappa shape index (κ1) is 19.9. The van der Waals surface area contributed by atoms with Crippen LogP contribution in [-0.2, 0) is 13.0 Å². The highest BCUT2D eigenvalue weighted by molar-refractivity contribution is 6.30. The molecular formula is C23H21ClN4O2. The number of nitrogens with one attached hydrogen (secondary N) is 1. The van der Waals surface area contributed by atoms with Crippen LogP contribution in [0.4, 0.5) is 0 Å². The predicted molar refractivity (Wildman–Crippen MR) is 117 cm³/mol. The van der Waals surface area contributed by atoms with Gasteiger partial charge < -0.3 is 14.6 Å². The maximum absolute atomic E-state index is 12.2. The van der Waals surface area contributed by atoms with Crippen molar-refractivity contribution in [2.24, 2.45) is 0 Å². The maximum Gasteiger partial charge on any atom is 0.252 e. The van der Waals surface area contributed by atoms with E-state index in [4.69, 9.17) is 21.3 Å². The Morgan fingerprint density at radius 2 is 1.90 bits per heavy atom. The standard InChI is InChI=1S/C23H21ClN4O2/c24-18-7-9-19(10-8-18)30-15-14-28-21-6-2-1-5-20(21)27-22(28)11-13-26-23(29)17-4-3-12-25-16-17/h1-10,12,16H,11,13-15H2,(H,26,29). The SMILES string of the molecule is O=C(NCCc1nc2ccccc2n1CCOc1ccc(Cl)cc1)c1cccnc1. The van der Waals surface area contributed by atoms with Gasteiger partial charge in [0.15, 0.2) is 0 Å². The number of benzene rings is 2. The molecule has 0 aliphatic rings. The normalized spacial score (nSPS) is 10.8. The maximum atomic E-state index is 12.2. The van der Waals surface area contributed by atoms with E-state index in [-0.39, 0.29) is 5.91 Å². The molecule has 2 aromatic heterocycles. The molecule has 4 aromatic rings. The number of carbonyl (C=O) groups excluding carboxylic acids is 1. The van der Waals surface area contributed by atoms with Crippen LogP contribution in [0.15, 0.2) is 73.1 Å². The van der Waals surface area contributed by atoms with Crippen molar-refractivity contribution >= 4 is 28.5 Å². The van der Waals surface area contributed by atoms with E-state index in [1.807, 2.05) is 36.4 Å². The number of imidazole rings is 1. The fourth-order valence-electron chi connectivity index (χ4n) is 3.24. The molecule has 0 bridgehead atoms. The number of aromatic nitrogens is 3. The summed E-state index contributed by atoms with van der Waals surface area (Å²) in [6.07, 6.45) is 3.81. The molecule has 0 radical (unpaired) electrons. The number of hydrogen-bond acceptors (Lipinski definition) is 4. The van der Waals surface area contributed by atoms with Crippen molar-refractivity contribution in [3.05, 3.63) is 89.5 Å². The van der Waals surface area contributed by atoms with Crippen molar-refractivity contribution in [1.29, 1.82) is 0 Å². The van der Waals surface area contributed by atoms with Gasteiger partial charge in [-0.3, -0.25) is 9.78 Å². The van der Waals surface area contributed by atoms with Crippen LogP contribution in [0.25, 0.3) is 11.0 Å². The number of para-hydroxylation sites is 2. The molecule has 1 N–H and O–H groups in total. The highest BCUT2D eigenvalue weighted by atomic mass is 35.5. The fraction of sp³-hybridized carbons (Fsp3) is 0.174. The molecule has 0 unspecified atom stereocenters. The highest BCUT2D eigenvalue weighted by Crippen LogP contribution is 2.18. The minimum atomic E-state index is -0.142. The third-order valence-corrected chi connectivity index (χ3v) is 4.94. The van der Waals surface area contributed by atoms with Gasteiger partial charge >= 0.3 is 0 Å². The van der Waals surface area contributed by atoms with Gasteiger partial charge in [-0.1, -0.05) is 23.7 Å². The third-order valence-electron chi connectivity index (χ3n) is 4.69. The lowest BCUT2D eigenvalue weighted by atomic mass is 10.2. The van der Waals surface area contributed by atoms with Crippen LogP contribution < -0.4 is 10.1 Å². The number of rotatable bonds is 8. The van der Waals surface area contributed by atoms with Crippen molar-refractivity contribution in [3.8, 4) is 5.75 Å². The molecule has 0 spiro atoms. The van der Waals surface area contributed by atoms with Gasteiger partial charge in [0.2, 0.25) is 0 Å². The molecular weight excluding hydrogens is 400 g/mol. The Balaban J connectivity index is 1.42. The molecule has 6 nitrogen and oxygen atoms in total. The first-order chi connectivity index (χ1) is 14.7. The monoisotopic (exact) mass is 420 g/mol. The number of nitrogens with zero attached hydrogens (tertiary/aromatic N) is 3. The predicted octanol–water partition coefficient (Wildman–Crippen LogP) is 4.14. The third kappa shape index (κ3) is 4.78. The van der Waals surface area contributed by atoms with E-state index in [0.717, 1.165) is 22.6 Å². The van der Waals surface area contributed by atoms with Crippen LogP contribution in [0.1, 0.15) is 16.2 Å². The van der Waals surface area contributed by atoms with Crippen LogP contribution in [0, 0.1) is 0 Å². The zero-order chi connectivity index (χ0) is 20.8. The zero-order valence-electron chi connectivity index (χ0n) is 16.3. The topological polar surface area (TPSA) is 69.0 Å². The van der Waals surface area contributed by atoms with Crippen molar-refractivity contribution in [2.75, 3.05) is 13.2 Å². The highest BCUT2D eigenvalue weighted by Gasteiger charge is 2.11. The summed E-state index contributed by atoms with van der Waals surface area (Å²) in [6.45, 7) is 1.63. The average molecular weight is 421 g/mol. The first-order valence-corrected chi connectivity index (χ1v) is 10.1. The van der Waals surface area contributed by atoms with Crippen LogP contribution >= 0.6 is 11.6 Å². The summed E-state index contributed by atoms with van der Waals surface area (Å²) in [5.41, 5.74) is 2.52. The van der Waals surface area contributed by atoms with Gasteiger partial charge in [0.25, 0.3) is 5.91 Å². The smallest absolute Gasteiger partial charge is 0.252 e. The zero-order valence-corrected chi connectivity index (χ0v) is 17.0. The molecule has 0 aliphatic heterocycles. The molecule has 1 amide bonds. The Morgan fingerprint density at radius 3 is 2.70 bits per heavy atom. The quantitative estimate of drug-likeness (QED) is 0.465. The van der Waals surface area contributed by atoms with Crippen molar-refractivity contribution < 1.29 is 9.53 Å². The van der Waals surface area contributed by atoms with E-state index in [9.17, 15) is 4.79 Å². The molecule has 2 heterocycles. The lowest BCUT2D eigenvalue weighted by Crippen LogP contribution is -2.26. The van der Waals surface area contributed by atoms with Crippen LogP contribution in [-0.4, -0.2) is 33.6 Å². The Morgan fingerprint density at radius 1 is 1.07 bits per heavy atom. The van der Waals surface area contributed by atoms with Gasteiger partial charge in [-0.05, 0) is 48.5 Å². The lowest BCUT2D eigenvalue weighted by molar-refractivity contribution is 0.0953. The lowest BCUT2D eigenvalue weighted by Gasteiger charge is -2.11. The molecule has 0 saturated carbocycles. The summed E-state index contributed by atoms with van der Waals surface area (Å²) in [6, 6.07) is 18.8. The summed E-state index contributed by atoms with van der Waals surface area (Å²) in [5.74, 6) is 1.54. The van der Waals surface area contributed by atoms with Gasteiger partial charge in [-0.2, -0.15) is 0 Å². The van der Waals surface area contributed by atoms with E-state index in [2.05, 4.69) is 14.9 Å². The van der Waals surface area contributed by atoms with Crippen molar-refractivity contribution in [2.45, 2.75) is 13.0 Å². The first-order valence-electron chi connectivity index (χ1n) is 9.71. The van der Waals surface area contributed by atoms with Crippen LogP contribution in [0.2, 0.25) is 5.02 Å². The summed E-state index contributed by atoms with van der Waals surface area (Å²) in [5, 5.41) is 3.61.